The number of halogens is 1. The Kier molecular flexibility index (Phi) is 5.68. The van der Waals surface area contributed by atoms with Crippen molar-refractivity contribution in [1.82, 2.24) is 5.43 Å². The summed E-state index contributed by atoms with van der Waals surface area (Å²) in [6.45, 7) is 1.84. The van der Waals surface area contributed by atoms with Gasteiger partial charge in [0.1, 0.15) is 17.6 Å². The summed E-state index contributed by atoms with van der Waals surface area (Å²) >= 11 is 0. The molecule has 0 aliphatic carbocycles. The number of hydrogen-bond acceptors (Lipinski definition) is 4. The van der Waals surface area contributed by atoms with Gasteiger partial charge in [0.05, 0.1) is 6.21 Å². The molecule has 2 aromatic rings. The number of carbonyl (C=O) groups excluding carboxylic acids is 1. The van der Waals surface area contributed by atoms with Crippen molar-refractivity contribution in [2.75, 3.05) is 5.32 Å². The van der Waals surface area contributed by atoms with Crippen LogP contribution in [0.4, 0.5) is 10.1 Å². The number of amides is 1. The maximum Gasteiger partial charge on any atom is 0.262 e. The van der Waals surface area contributed by atoms with Crippen molar-refractivity contribution in [3.63, 3.8) is 0 Å². The summed E-state index contributed by atoms with van der Waals surface area (Å²) in [5.41, 5.74) is 3.43. The molecule has 6 heteroatoms. The van der Waals surface area contributed by atoms with E-state index in [4.69, 9.17) is 0 Å². The summed E-state index contributed by atoms with van der Waals surface area (Å²) in [6.07, 6.45) is 1.87. The van der Waals surface area contributed by atoms with E-state index in [2.05, 4.69) is 15.8 Å². The van der Waals surface area contributed by atoms with Gasteiger partial charge >= 0.3 is 0 Å². The second kappa shape index (κ2) is 7.93. The van der Waals surface area contributed by atoms with Gasteiger partial charge < -0.3 is 10.4 Å². The summed E-state index contributed by atoms with van der Waals surface area (Å²) in [6, 6.07) is 12.0. The van der Waals surface area contributed by atoms with E-state index in [1.165, 1.54) is 24.4 Å². The van der Waals surface area contributed by atoms with E-state index in [-0.39, 0.29) is 17.5 Å². The number of benzene rings is 2. The Balaban J connectivity index is 1.96. The van der Waals surface area contributed by atoms with Gasteiger partial charge in [-0.15, -0.1) is 0 Å². The minimum absolute atomic E-state index is 0.0791. The number of para-hydroxylation sites is 1. The monoisotopic (exact) mass is 315 g/mol. The molecule has 1 atom stereocenters. The van der Waals surface area contributed by atoms with Gasteiger partial charge in [-0.3, -0.25) is 4.79 Å². The molecule has 0 bridgehead atoms. The first-order chi connectivity index (χ1) is 11.1. The van der Waals surface area contributed by atoms with Gasteiger partial charge in [-0.2, -0.15) is 5.10 Å². The molecule has 0 spiro atoms. The van der Waals surface area contributed by atoms with E-state index in [9.17, 15) is 14.3 Å². The van der Waals surface area contributed by atoms with Gasteiger partial charge in [0.25, 0.3) is 5.91 Å². The van der Waals surface area contributed by atoms with Crippen LogP contribution in [0.2, 0.25) is 0 Å². The highest BCUT2D eigenvalue weighted by molar-refractivity contribution is 5.87. The lowest BCUT2D eigenvalue weighted by Crippen LogP contribution is -2.36. The summed E-state index contributed by atoms with van der Waals surface area (Å²) < 4.78 is 13.2. The molecule has 0 aromatic heterocycles. The molecule has 0 saturated carbocycles. The van der Waals surface area contributed by atoms with Gasteiger partial charge in [-0.05, 0) is 36.8 Å². The number of phenols is 1. The molecule has 0 radical (unpaired) electrons. The zero-order valence-corrected chi connectivity index (χ0v) is 12.7. The second-order valence-electron chi connectivity index (χ2n) is 4.91. The van der Waals surface area contributed by atoms with Crippen molar-refractivity contribution in [1.29, 1.82) is 0 Å². The van der Waals surface area contributed by atoms with Crippen LogP contribution in [0.5, 0.6) is 5.75 Å². The summed E-state index contributed by atoms with van der Waals surface area (Å²) in [7, 11) is 0. The van der Waals surface area contributed by atoms with Gasteiger partial charge in [-0.25, -0.2) is 9.82 Å². The smallest absolute Gasteiger partial charge is 0.262 e. The van der Waals surface area contributed by atoms with Crippen LogP contribution < -0.4 is 10.7 Å². The third-order valence-electron chi connectivity index (χ3n) is 3.21. The lowest BCUT2D eigenvalue weighted by molar-refractivity contribution is -0.121. The van der Waals surface area contributed by atoms with Crippen molar-refractivity contribution >= 4 is 17.8 Å². The quantitative estimate of drug-likeness (QED) is 0.567. The maximum absolute atomic E-state index is 13.2. The fraction of sp³-hybridized carbons (Fsp3) is 0.176. The Hall–Kier alpha value is -2.89. The minimum Gasteiger partial charge on any atom is -0.507 e. The lowest BCUT2D eigenvalue weighted by Gasteiger charge is -2.16. The van der Waals surface area contributed by atoms with Crippen LogP contribution in [0.25, 0.3) is 0 Å². The van der Waals surface area contributed by atoms with Crippen molar-refractivity contribution < 1.29 is 14.3 Å². The Morgan fingerprint density at radius 1 is 1.30 bits per heavy atom. The molecule has 120 valence electrons. The number of rotatable bonds is 6. The summed E-state index contributed by atoms with van der Waals surface area (Å²) in [5, 5.41) is 16.4. The highest BCUT2D eigenvalue weighted by Crippen LogP contribution is 2.13. The largest absolute Gasteiger partial charge is 0.507 e. The molecule has 1 amide bonds. The Bertz CT molecular complexity index is 704. The van der Waals surface area contributed by atoms with Crippen molar-refractivity contribution in [2.24, 2.45) is 5.10 Å². The molecule has 0 saturated heterocycles. The molecule has 0 aliphatic heterocycles. The fourth-order valence-electron chi connectivity index (χ4n) is 1.97. The van der Waals surface area contributed by atoms with Crippen LogP contribution in [0.3, 0.4) is 0 Å². The molecule has 1 unspecified atom stereocenters. The first-order valence-electron chi connectivity index (χ1n) is 7.23. The molecular formula is C17H18FN3O2. The van der Waals surface area contributed by atoms with Crippen molar-refractivity contribution in [2.45, 2.75) is 19.4 Å². The van der Waals surface area contributed by atoms with Crippen LogP contribution in [0.1, 0.15) is 18.9 Å². The SMILES string of the molecule is CCC(Nc1cccc(F)c1)C(=O)NN=Cc1ccccc1O. The minimum atomic E-state index is -0.543. The topological polar surface area (TPSA) is 73.7 Å². The zero-order valence-electron chi connectivity index (χ0n) is 12.7. The van der Waals surface area contributed by atoms with Crippen LogP contribution in [0, 0.1) is 5.82 Å². The highest BCUT2D eigenvalue weighted by atomic mass is 19.1. The van der Waals surface area contributed by atoms with Crippen molar-refractivity contribution in [3.8, 4) is 5.75 Å². The molecule has 2 rings (SSSR count). The molecule has 5 nitrogen and oxygen atoms in total. The van der Waals surface area contributed by atoms with Crippen LogP contribution in [-0.4, -0.2) is 23.3 Å². The van der Waals surface area contributed by atoms with E-state index < -0.39 is 6.04 Å². The Morgan fingerprint density at radius 2 is 2.09 bits per heavy atom. The molecule has 3 N–H and O–H groups in total. The van der Waals surface area contributed by atoms with Crippen LogP contribution in [-0.2, 0) is 4.79 Å². The number of anilines is 1. The average Bonchev–Trinajstić information content (AvgIpc) is 2.54. The van der Waals surface area contributed by atoms with E-state index in [1.807, 2.05) is 6.92 Å². The van der Waals surface area contributed by atoms with E-state index in [1.54, 1.807) is 30.3 Å². The third-order valence-corrected chi connectivity index (χ3v) is 3.21. The summed E-state index contributed by atoms with van der Waals surface area (Å²) in [5.74, 6) is -0.637. The number of aromatic hydroxyl groups is 1. The van der Waals surface area contributed by atoms with Crippen LogP contribution in [0.15, 0.2) is 53.6 Å². The van der Waals surface area contributed by atoms with Crippen molar-refractivity contribution in [3.05, 3.63) is 59.9 Å². The van der Waals surface area contributed by atoms with Gasteiger partial charge in [0, 0.05) is 11.3 Å². The lowest BCUT2D eigenvalue weighted by atomic mass is 10.2. The maximum atomic E-state index is 13.2. The first-order valence-corrected chi connectivity index (χ1v) is 7.23. The Morgan fingerprint density at radius 3 is 2.78 bits per heavy atom. The molecule has 2 aromatic carbocycles. The number of nitrogens with zero attached hydrogens (tertiary/aromatic N) is 1. The fourth-order valence-corrected chi connectivity index (χ4v) is 1.97. The van der Waals surface area contributed by atoms with E-state index in [0.29, 0.717) is 17.7 Å². The zero-order chi connectivity index (χ0) is 16.7. The van der Waals surface area contributed by atoms with Gasteiger partial charge in [0.15, 0.2) is 0 Å². The van der Waals surface area contributed by atoms with E-state index >= 15 is 0 Å². The second-order valence-corrected chi connectivity index (χ2v) is 4.91. The number of hydrazone groups is 1. The number of nitrogens with one attached hydrogen (secondary N) is 2. The summed E-state index contributed by atoms with van der Waals surface area (Å²) in [4.78, 5) is 12.1. The Labute approximate surface area is 133 Å². The number of carbonyl (C=O) groups is 1. The third kappa shape index (κ3) is 4.81. The highest BCUT2D eigenvalue weighted by Gasteiger charge is 2.15. The van der Waals surface area contributed by atoms with E-state index in [0.717, 1.165) is 0 Å². The molecule has 0 fully saturated rings. The molecule has 0 aliphatic rings. The molecular weight excluding hydrogens is 297 g/mol. The predicted octanol–water partition coefficient (Wildman–Crippen LogP) is 2.87. The molecule has 23 heavy (non-hydrogen) atoms. The molecule has 0 heterocycles. The normalized spacial score (nSPS) is 12.1. The number of hydrogen-bond donors (Lipinski definition) is 3. The van der Waals surface area contributed by atoms with Gasteiger partial charge in [-0.1, -0.05) is 25.1 Å². The van der Waals surface area contributed by atoms with Crippen LogP contribution >= 0.6 is 0 Å². The van der Waals surface area contributed by atoms with Gasteiger partial charge in [0.2, 0.25) is 0 Å². The first kappa shape index (κ1) is 16.5. The average molecular weight is 315 g/mol. The predicted molar refractivity (Wildman–Crippen MR) is 87.9 cm³/mol. The standard InChI is InChI=1S/C17H18FN3O2/c1-2-15(20-14-8-5-7-13(18)10-14)17(23)21-19-11-12-6-3-4-9-16(12)22/h3-11,15,20,22H,2H2,1H3,(H,21,23). The number of phenolic OH excluding ortho intramolecular Hbond substituents is 1.